The number of unbranched alkanes of at least 4 members (excludes halogenated alkanes) is 8. The molecular formula is C20H35ClO2. The molecule has 0 aromatic heterocycles. The number of alkyl halides is 1. The van der Waals surface area contributed by atoms with E-state index in [9.17, 15) is 4.79 Å². The number of ether oxygens (including phenoxy) is 1. The summed E-state index contributed by atoms with van der Waals surface area (Å²) in [7, 11) is 0. The van der Waals surface area contributed by atoms with Crippen LogP contribution in [-0.4, -0.2) is 18.5 Å². The van der Waals surface area contributed by atoms with Crippen molar-refractivity contribution >= 4 is 17.6 Å². The van der Waals surface area contributed by atoms with Crippen LogP contribution < -0.4 is 0 Å². The Hall–Kier alpha value is -0.760. The van der Waals surface area contributed by atoms with Gasteiger partial charge in [-0.25, -0.2) is 0 Å². The zero-order chi connectivity index (χ0) is 17.0. The molecule has 0 heterocycles. The minimum atomic E-state index is -0.115. The summed E-state index contributed by atoms with van der Waals surface area (Å²) in [5.74, 6) is 0.268. The molecule has 0 unspecified atom stereocenters. The molecule has 0 spiro atoms. The normalized spacial score (nSPS) is 11.6. The zero-order valence-electron chi connectivity index (χ0n) is 14.9. The predicted octanol–water partition coefficient (Wildman–Crippen LogP) is 6.58. The van der Waals surface area contributed by atoms with E-state index in [4.69, 9.17) is 16.3 Å². The lowest BCUT2D eigenvalue weighted by atomic mass is 10.1. The lowest BCUT2D eigenvalue weighted by molar-refractivity contribution is -0.143. The van der Waals surface area contributed by atoms with Gasteiger partial charge in [0, 0.05) is 6.42 Å². The third-order valence-corrected chi connectivity index (χ3v) is 3.83. The summed E-state index contributed by atoms with van der Waals surface area (Å²) in [5, 5.41) is 0. The molecule has 0 saturated carbocycles. The lowest BCUT2D eigenvalue weighted by Crippen LogP contribution is -2.06. The zero-order valence-corrected chi connectivity index (χ0v) is 15.7. The van der Waals surface area contributed by atoms with Crippen molar-refractivity contribution in [1.82, 2.24) is 0 Å². The van der Waals surface area contributed by atoms with E-state index in [-0.39, 0.29) is 5.97 Å². The quantitative estimate of drug-likeness (QED) is 0.137. The van der Waals surface area contributed by atoms with E-state index in [1.807, 2.05) is 0 Å². The fourth-order valence-corrected chi connectivity index (χ4v) is 2.38. The first kappa shape index (κ1) is 22.2. The van der Waals surface area contributed by atoms with Crippen LogP contribution in [0.2, 0.25) is 0 Å². The minimum absolute atomic E-state index is 0.115. The van der Waals surface area contributed by atoms with E-state index in [0.717, 1.165) is 19.3 Å². The van der Waals surface area contributed by atoms with Gasteiger partial charge in [-0.3, -0.25) is 4.79 Å². The van der Waals surface area contributed by atoms with Gasteiger partial charge in [-0.05, 0) is 38.5 Å². The van der Waals surface area contributed by atoms with Gasteiger partial charge in [-0.2, -0.15) is 0 Å². The van der Waals surface area contributed by atoms with Crippen LogP contribution in [0.3, 0.4) is 0 Å². The molecule has 0 fully saturated rings. The fourth-order valence-electron chi connectivity index (χ4n) is 2.31. The van der Waals surface area contributed by atoms with Crippen molar-refractivity contribution in [3.63, 3.8) is 0 Å². The van der Waals surface area contributed by atoms with Crippen molar-refractivity contribution in [2.75, 3.05) is 12.5 Å². The molecule has 0 aliphatic carbocycles. The Labute approximate surface area is 148 Å². The third kappa shape index (κ3) is 19.2. The van der Waals surface area contributed by atoms with E-state index < -0.39 is 0 Å². The van der Waals surface area contributed by atoms with Gasteiger partial charge in [-0.15, -0.1) is 11.6 Å². The van der Waals surface area contributed by atoms with Crippen LogP contribution in [-0.2, 0) is 9.53 Å². The molecule has 0 N–H and O–H groups in total. The highest BCUT2D eigenvalue weighted by molar-refractivity contribution is 6.18. The van der Waals surface area contributed by atoms with Gasteiger partial charge >= 0.3 is 5.97 Å². The second kappa shape index (κ2) is 19.3. The second-order valence-corrected chi connectivity index (χ2v) is 6.27. The summed E-state index contributed by atoms with van der Waals surface area (Å²) in [4.78, 5) is 11.2. The van der Waals surface area contributed by atoms with E-state index in [2.05, 4.69) is 31.2 Å². The van der Waals surface area contributed by atoms with Crippen molar-refractivity contribution in [2.45, 2.75) is 84.0 Å². The number of rotatable bonds is 16. The van der Waals surface area contributed by atoms with Crippen molar-refractivity contribution < 1.29 is 9.53 Å². The van der Waals surface area contributed by atoms with Crippen LogP contribution >= 0.6 is 11.6 Å². The summed E-state index contributed by atoms with van der Waals surface area (Å²) in [6, 6.07) is 0. The molecule has 0 atom stereocenters. The van der Waals surface area contributed by atoms with Gasteiger partial charge in [0.1, 0.15) is 6.61 Å². The monoisotopic (exact) mass is 342 g/mol. The summed E-state index contributed by atoms with van der Waals surface area (Å²) in [6.07, 6.45) is 22.8. The largest absolute Gasteiger partial charge is 0.464 e. The average Bonchev–Trinajstić information content (AvgIpc) is 2.56. The molecule has 134 valence electrons. The van der Waals surface area contributed by atoms with Crippen molar-refractivity contribution in [2.24, 2.45) is 0 Å². The number of allylic oxidation sites excluding steroid dienone is 4. The smallest absolute Gasteiger partial charge is 0.305 e. The summed E-state index contributed by atoms with van der Waals surface area (Å²) >= 11 is 5.46. The molecule has 0 aliphatic rings. The maximum atomic E-state index is 11.2. The molecule has 23 heavy (non-hydrogen) atoms. The minimum Gasteiger partial charge on any atom is -0.464 e. The van der Waals surface area contributed by atoms with E-state index in [1.165, 1.54) is 51.4 Å². The van der Waals surface area contributed by atoms with Gasteiger partial charge < -0.3 is 4.74 Å². The Morgan fingerprint density at radius 3 is 2.13 bits per heavy atom. The molecule has 0 bridgehead atoms. The van der Waals surface area contributed by atoms with Crippen LogP contribution in [0.1, 0.15) is 84.0 Å². The second-order valence-electron chi connectivity index (χ2n) is 5.89. The number of carbonyl (C=O) groups excluding carboxylic acids is 1. The number of esters is 1. The Balaban J connectivity index is 3.23. The highest BCUT2D eigenvalue weighted by Gasteiger charge is 2.01. The van der Waals surface area contributed by atoms with Crippen LogP contribution in [0.15, 0.2) is 24.3 Å². The van der Waals surface area contributed by atoms with Crippen molar-refractivity contribution in [3.05, 3.63) is 24.3 Å². The topological polar surface area (TPSA) is 26.3 Å². The van der Waals surface area contributed by atoms with Gasteiger partial charge in [0.25, 0.3) is 0 Å². The maximum absolute atomic E-state index is 11.2. The summed E-state index contributed by atoms with van der Waals surface area (Å²) in [5.41, 5.74) is 0. The molecule has 0 saturated heterocycles. The Kier molecular flexibility index (Phi) is 18.6. The SMILES string of the molecule is CCCCC/C=C\C/C=C\CCCCCCCC(=O)OCCCl. The van der Waals surface area contributed by atoms with Gasteiger partial charge in [0.05, 0.1) is 5.88 Å². The van der Waals surface area contributed by atoms with Crippen LogP contribution in [0.4, 0.5) is 0 Å². The lowest BCUT2D eigenvalue weighted by Gasteiger charge is -2.02. The molecule has 0 radical (unpaired) electrons. The first-order chi connectivity index (χ1) is 11.3. The average molecular weight is 343 g/mol. The molecule has 0 aliphatic heterocycles. The van der Waals surface area contributed by atoms with Gasteiger partial charge in [0.15, 0.2) is 0 Å². The standard InChI is InChI=1S/C20H35ClO2/c1-2-3-4-5-6-7-8-9-10-11-12-13-14-15-16-17-20(22)23-19-18-21/h6-7,9-10H,2-5,8,11-19H2,1H3/b7-6-,10-9-. The van der Waals surface area contributed by atoms with E-state index >= 15 is 0 Å². The molecule has 0 rings (SSSR count). The third-order valence-electron chi connectivity index (χ3n) is 3.67. The van der Waals surface area contributed by atoms with E-state index in [0.29, 0.717) is 18.9 Å². The van der Waals surface area contributed by atoms with Crippen molar-refractivity contribution in [1.29, 1.82) is 0 Å². The fraction of sp³-hybridized carbons (Fsp3) is 0.750. The van der Waals surface area contributed by atoms with Gasteiger partial charge in [-0.1, -0.05) is 63.3 Å². The number of hydrogen-bond acceptors (Lipinski definition) is 2. The predicted molar refractivity (Wildman–Crippen MR) is 101 cm³/mol. The summed E-state index contributed by atoms with van der Waals surface area (Å²) < 4.78 is 4.92. The molecule has 0 aromatic carbocycles. The number of carbonyl (C=O) groups is 1. The molecule has 0 amide bonds. The van der Waals surface area contributed by atoms with Crippen LogP contribution in [0, 0.1) is 0 Å². The molecular weight excluding hydrogens is 308 g/mol. The van der Waals surface area contributed by atoms with Crippen LogP contribution in [0.5, 0.6) is 0 Å². The number of halogens is 1. The van der Waals surface area contributed by atoms with E-state index in [1.54, 1.807) is 0 Å². The highest BCUT2D eigenvalue weighted by atomic mass is 35.5. The summed E-state index contributed by atoms with van der Waals surface area (Å²) in [6.45, 7) is 2.57. The Morgan fingerprint density at radius 1 is 0.870 bits per heavy atom. The van der Waals surface area contributed by atoms with Gasteiger partial charge in [0.2, 0.25) is 0 Å². The molecule has 3 heteroatoms. The highest BCUT2D eigenvalue weighted by Crippen LogP contribution is 2.08. The Morgan fingerprint density at radius 2 is 1.48 bits per heavy atom. The Bertz CT molecular complexity index is 311. The van der Waals surface area contributed by atoms with Crippen LogP contribution in [0.25, 0.3) is 0 Å². The maximum Gasteiger partial charge on any atom is 0.305 e. The molecule has 2 nitrogen and oxygen atoms in total. The first-order valence-electron chi connectivity index (χ1n) is 9.32. The number of hydrogen-bond donors (Lipinski definition) is 0. The first-order valence-corrected chi connectivity index (χ1v) is 9.86. The van der Waals surface area contributed by atoms with Crippen molar-refractivity contribution in [3.8, 4) is 0 Å². The molecule has 0 aromatic rings.